The van der Waals surface area contributed by atoms with Crippen LogP contribution >= 0.6 is 21.6 Å². The Labute approximate surface area is 155 Å². The fourth-order valence-electron chi connectivity index (χ4n) is 2.42. The summed E-state index contributed by atoms with van der Waals surface area (Å²) in [5.41, 5.74) is 0. The first kappa shape index (κ1) is 20.2. The highest BCUT2D eigenvalue weighted by Gasteiger charge is 2.36. The van der Waals surface area contributed by atoms with E-state index in [1.54, 1.807) is 0 Å². The molecule has 2 aliphatic rings. The Morgan fingerprint density at radius 2 is 1.00 bits per heavy atom. The molecule has 2 rings (SSSR count). The van der Waals surface area contributed by atoms with Crippen LogP contribution in [0.1, 0.15) is 25.7 Å². The zero-order chi connectivity index (χ0) is 19.4. The lowest BCUT2D eigenvalue weighted by atomic mass is 10.4. The zero-order valence-electron chi connectivity index (χ0n) is 13.5. The summed E-state index contributed by atoms with van der Waals surface area (Å²) in [4.78, 5) is 70.9. The van der Waals surface area contributed by atoms with Gasteiger partial charge in [0.2, 0.25) is 23.6 Å². The van der Waals surface area contributed by atoms with Gasteiger partial charge < -0.3 is 10.2 Å². The summed E-state index contributed by atoms with van der Waals surface area (Å²) in [6.07, 6.45) is 0.111. The number of aliphatic carboxylic acids is 2. The maximum atomic E-state index is 11.6. The number of rotatable bonds is 9. The summed E-state index contributed by atoms with van der Waals surface area (Å²) >= 11 is 0. The molecule has 0 aromatic heterocycles. The Morgan fingerprint density at radius 3 is 1.23 bits per heavy atom. The molecule has 2 saturated heterocycles. The van der Waals surface area contributed by atoms with Crippen molar-refractivity contribution < 1.29 is 39.0 Å². The fourth-order valence-corrected chi connectivity index (χ4v) is 4.93. The van der Waals surface area contributed by atoms with Crippen LogP contribution in [0.15, 0.2) is 0 Å². The number of carboxylic acid groups (broad SMARTS) is 2. The molecule has 0 saturated carbocycles. The Balaban J connectivity index is 1.98. The van der Waals surface area contributed by atoms with Gasteiger partial charge in [0.05, 0.1) is 13.1 Å². The second kappa shape index (κ2) is 8.54. The standard InChI is InChI=1S/C14H16N2O8S2/c17-9-1-2-10(18)15(9)5-7(13(21)22)25-26-8(14(23)24)6-16-11(19)3-4-12(16)20/h7-8H,1-6H2,(H,21,22)(H,23,24). The van der Waals surface area contributed by atoms with Crippen molar-refractivity contribution in [2.75, 3.05) is 13.1 Å². The number of likely N-dealkylation sites (tertiary alicyclic amines) is 2. The van der Waals surface area contributed by atoms with Crippen LogP contribution in [0.2, 0.25) is 0 Å². The third-order valence-electron chi connectivity index (χ3n) is 3.85. The molecule has 0 bridgehead atoms. The molecule has 10 nitrogen and oxygen atoms in total. The van der Waals surface area contributed by atoms with Gasteiger partial charge >= 0.3 is 11.9 Å². The summed E-state index contributed by atoms with van der Waals surface area (Å²) in [5.74, 6) is -4.45. The predicted molar refractivity (Wildman–Crippen MR) is 89.9 cm³/mol. The Kier molecular flexibility index (Phi) is 6.64. The third kappa shape index (κ3) is 4.75. The van der Waals surface area contributed by atoms with E-state index < -0.39 is 46.1 Å². The maximum absolute atomic E-state index is 11.6. The van der Waals surface area contributed by atoms with Crippen molar-refractivity contribution in [1.29, 1.82) is 0 Å². The van der Waals surface area contributed by atoms with E-state index in [0.29, 0.717) is 21.6 Å². The number of carbonyl (C=O) groups excluding carboxylic acids is 4. The van der Waals surface area contributed by atoms with Crippen molar-refractivity contribution in [2.45, 2.75) is 36.2 Å². The summed E-state index contributed by atoms with van der Waals surface area (Å²) in [6.45, 7) is -0.725. The average Bonchev–Trinajstić information content (AvgIpc) is 3.05. The summed E-state index contributed by atoms with van der Waals surface area (Å²) in [7, 11) is 1.37. The molecule has 2 atom stereocenters. The molecule has 0 aliphatic carbocycles. The zero-order valence-corrected chi connectivity index (χ0v) is 15.1. The van der Waals surface area contributed by atoms with Gasteiger partial charge in [0.1, 0.15) is 10.5 Å². The van der Waals surface area contributed by atoms with Crippen molar-refractivity contribution in [1.82, 2.24) is 9.80 Å². The van der Waals surface area contributed by atoms with Crippen molar-refractivity contribution >= 4 is 57.2 Å². The number of amides is 4. The highest BCUT2D eigenvalue weighted by molar-refractivity contribution is 8.77. The van der Waals surface area contributed by atoms with Crippen molar-refractivity contribution in [3.05, 3.63) is 0 Å². The van der Waals surface area contributed by atoms with Gasteiger partial charge in [0.25, 0.3) is 0 Å². The van der Waals surface area contributed by atoms with Crippen LogP contribution in [-0.2, 0) is 28.8 Å². The van der Waals surface area contributed by atoms with Crippen molar-refractivity contribution in [3.63, 3.8) is 0 Å². The van der Waals surface area contributed by atoms with Crippen LogP contribution in [0.25, 0.3) is 0 Å². The molecule has 0 spiro atoms. The Morgan fingerprint density at radius 1 is 0.731 bits per heavy atom. The summed E-state index contributed by atoms with van der Waals surface area (Å²) in [5, 5.41) is 16.1. The molecule has 2 fully saturated rings. The molecule has 2 unspecified atom stereocenters. The first-order valence-corrected chi connectivity index (χ1v) is 9.92. The third-order valence-corrected chi connectivity index (χ3v) is 6.85. The van der Waals surface area contributed by atoms with Crippen LogP contribution in [0.4, 0.5) is 0 Å². The lowest BCUT2D eigenvalue weighted by Crippen LogP contribution is -2.40. The second-order valence-corrected chi connectivity index (χ2v) is 8.32. The molecule has 0 aromatic carbocycles. The molecule has 142 valence electrons. The van der Waals surface area contributed by atoms with Gasteiger partial charge in [-0.15, -0.1) is 0 Å². The van der Waals surface area contributed by atoms with Crippen molar-refractivity contribution in [3.8, 4) is 0 Å². The van der Waals surface area contributed by atoms with Gasteiger partial charge in [-0.05, 0) is 0 Å². The number of nitrogens with zero attached hydrogens (tertiary/aromatic N) is 2. The molecule has 26 heavy (non-hydrogen) atoms. The molecule has 4 amide bonds. The number of hydrogen-bond donors (Lipinski definition) is 2. The van der Waals surface area contributed by atoms with E-state index in [2.05, 4.69) is 0 Å². The van der Waals surface area contributed by atoms with Crippen LogP contribution in [0, 0.1) is 0 Å². The Hall–Kier alpha value is -2.08. The van der Waals surface area contributed by atoms with Gasteiger partial charge in [-0.1, -0.05) is 21.6 Å². The van der Waals surface area contributed by atoms with Crippen LogP contribution < -0.4 is 0 Å². The van der Waals surface area contributed by atoms with E-state index in [9.17, 15) is 39.0 Å². The minimum atomic E-state index is -1.30. The highest BCUT2D eigenvalue weighted by atomic mass is 33.1. The van der Waals surface area contributed by atoms with Crippen LogP contribution in [-0.4, -0.2) is 79.2 Å². The minimum Gasteiger partial charge on any atom is -0.480 e. The monoisotopic (exact) mass is 404 g/mol. The number of carbonyl (C=O) groups is 6. The number of imide groups is 2. The molecule has 12 heteroatoms. The SMILES string of the molecule is O=C(O)C(CN1C(=O)CCC1=O)SSC(CN1C(=O)CCC1=O)C(=O)O. The molecule has 0 radical (unpaired) electrons. The van der Waals surface area contributed by atoms with Crippen LogP contribution in [0.5, 0.6) is 0 Å². The fraction of sp³-hybridized carbons (Fsp3) is 0.571. The average molecular weight is 404 g/mol. The van der Waals surface area contributed by atoms with E-state index in [1.165, 1.54) is 0 Å². The predicted octanol–water partition coefficient (Wildman–Crippen LogP) is -0.428. The smallest absolute Gasteiger partial charge is 0.319 e. The second-order valence-electron chi connectivity index (χ2n) is 5.64. The van der Waals surface area contributed by atoms with Gasteiger partial charge in [0, 0.05) is 25.7 Å². The number of hydrogen-bond acceptors (Lipinski definition) is 8. The molecule has 2 aliphatic heterocycles. The first-order chi connectivity index (χ1) is 12.2. The van der Waals surface area contributed by atoms with Crippen LogP contribution in [0.3, 0.4) is 0 Å². The highest BCUT2D eigenvalue weighted by Crippen LogP contribution is 2.34. The first-order valence-electron chi connectivity index (χ1n) is 7.64. The van der Waals surface area contributed by atoms with Gasteiger partial charge in [0.15, 0.2) is 0 Å². The molecular formula is C14H16N2O8S2. The summed E-state index contributed by atoms with van der Waals surface area (Å²) in [6, 6.07) is 0. The van der Waals surface area contributed by atoms with E-state index in [4.69, 9.17) is 0 Å². The Bertz CT molecular complexity index is 579. The molecule has 2 heterocycles. The van der Waals surface area contributed by atoms with Gasteiger partial charge in [-0.25, -0.2) is 0 Å². The lowest BCUT2D eigenvalue weighted by molar-refractivity contribution is -0.143. The topological polar surface area (TPSA) is 149 Å². The largest absolute Gasteiger partial charge is 0.480 e. The lowest BCUT2D eigenvalue weighted by Gasteiger charge is -2.22. The molecule has 0 aromatic rings. The van der Waals surface area contributed by atoms with E-state index >= 15 is 0 Å². The van der Waals surface area contributed by atoms with Gasteiger partial charge in [-0.3, -0.25) is 38.6 Å². The summed E-state index contributed by atoms with van der Waals surface area (Å²) < 4.78 is 0. The quantitative estimate of drug-likeness (QED) is 0.383. The molecule has 2 N–H and O–H groups in total. The molecular weight excluding hydrogens is 388 g/mol. The van der Waals surface area contributed by atoms with E-state index in [-0.39, 0.29) is 38.8 Å². The number of carboxylic acids is 2. The normalized spacial score (nSPS) is 20.0. The van der Waals surface area contributed by atoms with E-state index in [0.717, 1.165) is 9.80 Å². The van der Waals surface area contributed by atoms with E-state index in [1.807, 2.05) is 0 Å². The minimum absolute atomic E-state index is 0.0277. The van der Waals surface area contributed by atoms with Crippen molar-refractivity contribution in [2.24, 2.45) is 0 Å². The van der Waals surface area contributed by atoms with Gasteiger partial charge in [-0.2, -0.15) is 0 Å². The maximum Gasteiger partial charge on any atom is 0.319 e.